The topological polar surface area (TPSA) is 52.3 Å². The van der Waals surface area contributed by atoms with Crippen molar-refractivity contribution in [2.24, 2.45) is 7.05 Å². The van der Waals surface area contributed by atoms with Crippen molar-refractivity contribution < 1.29 is 9.53 Å². The molecule has 0 aliphatic heterocycles. The summed E-state index contributed by atoms with van der Waals surface area (Å²) in [6, 6.07) is 17.9. The van der Waals surface area contributed by atoms with Crippen molar-refractivity contribution in [3.05, 3.63) is 82.4 Å². The summed E-state index contributed by atoms with van der Waals surface area (Å²) in [6.45, 7) is 5.64. The average molecular weight is 451 g/mol. The lowest BCUT2D eigenvalue weighted by molar-refractivity contribution is 0.0680. The number of para-hydroxylation sites is 1. The summed E-state index contributed by atoms with van der Waals surface area (Å²) >= 11 is 6.15. The van der Waals surface area contributed by atoms with E-state index in [0.717, 1.165) is 33.7 Å². The summed E-state index contributed by atoms with van der Waals surface area (Å²) in [5.41, 5.74) is 6.68. The van der Waals surface area contributed by atoms with Gasteiger partial charge in [0.1, 0.15) is 0 Å². The highest BCUT2D eigenvalue weighted by molar-refractivity contribution is 6.29. The number of carbonyl (C=O) groups is 1. The van der Waals surface area contributed by atoms with Gasteiger partial charge >= 0.3 is 0 Å². The smallest absolute Gasteiger partial charge is 0.254 e. The Morgan fingerprint density at radius 1 is 1.12 bits per heavy atom. The third-order valence-electron chi connectivity index (χ3n) is 5.84. The van der Waals surface area contributed by atoms with Crippen LogP contribution in [0.15, 0.2) is 54.6 Å². The van der Waals surface area contributed by atoms with E-state index in [1.807, 2.05) is 42.3 Å². The maximum absolute atomic E-state index is 13.5. The number of imidazole rings is 1. The Hall–Kier alpha value is -3.09. The van der Waals surface area contributed by atoms with Gasteiger partial charge in [0.15, 0.2) is 0 Å². The van der Waals surface area contributed by atoms with Crippen LogP contribution >= 0.6 is 11.6 Å². The quantitative estimate of drug-likeness (QED) is 0.401. The van der Waals surface area contributed by atoms with E-state index in [9.17, 15) is 4.79 Å². The predicted molar refractivity (Wildman–Crippen MR) is 128 cm³/mol. The summed E-state index contributed by atoms with van der Waals surface area (Å²) < 4.78 is 9.29. The molecule has 0 spiro atoms. The number of carbonyl (C=O) groups excluding carboxylic acids is 1. The minimum atomic E-state index is -0.0502. The van der Waals surface area contributed by atoms with Crippen LogP contribution in [0.4, 0.5) is 0 Å². The van der Waals surface area contributed by atoms with Crippen LogP contribution in [0.3, 0.4) is 0 Å². The van der Waals surface area contributed by atoms with Gasteiger partial charge in [0.2, 0.25) is 5.28 Å². The first-order valence-corrected chi connectivity index (χ1v) is 10.9. The molecule has 2 aromatic carbocycles. The van der Waals surface area contributed by atoms with Crippen molar-refractivity contribution in [2.75, 3.05) is 20.3 Å². The maximum atomic E-state index is 13.5. The molecular weight excluding hydrogens is 424 g/mol. The fraction of sp³-hybridized carbons (Fsp3) is 0.280. The molecule has 2 aromatic heterocycles. The number of aryl methyl sites for hydroxylation is 2. The zero-order valence-electron chi connectivity index (χ0n) is 18.8. The number of benzene rings is 2. The second-order valence-electron chi connectivity index (χ2n) is 7.93. The van der Waals surface area contributed by atoms with Crippen molar-refractivity contribution in [1.29, 1.82) is 0 Å². The summed E-state index contributed by atoms with van der Waals surface area (Å²) in [6.07, 6.45) is 0. The normalized spacial score (nSPS) is 11.3. The highest BCUT2D eigenvalue weighted by Gasteiger charge is 2.20. The van der Waals surface area contributed by atoms with E-state index in [1.165, 1.54) is 0 Å². The highest BCUT2D eigenvalue weighted by atomic mass is 35.5. The van der Waals surface area contributed by atoms with Gasteiger partial charge in [-0.15, -0.1) is 0 Å². The molecule has 0 saturated heterocycles. The number of rotatable bonds is 7. The van der Waals surface area contributed by atoms with Crippen LogP contribution in [-0.4, -0.2) is 45.2 Å². The van der Waals surface area contributed by atoms with E-state index in [4.69, 9.17) is 16.3 Å². The Bertz CT molecular complexity index is 1260. The molecule has 4 rings (SSSR count). The van der Waals surface area contributed by atoms with Crippen LogP contribution < -0.4 is 0 Å². The number of nitrogens with zero attached hydrogens (tertiary/aromatic N) is 4. The molecule has 0 radical (unpaired) electrons. The van der Waals surface area contributed by atoms with E-state index in [1.54, 1.807) is 17.7 Å². The number of ether oxygens (including phenoxy) is 1. The van der Waals surface area contributed by atoms with Crippen LogP contribution in [0, 0.1) is 13.8 Å². The van der Waals surface area contributed by atoms with Crippen molar-refractivity contribution in [1.82, 2.24) is 19.0 Å². The van der Waals surface area contributed by atoms with Gasteiger partial charge in [-0.2, -0.15) is 0 Å². The average Bonchev–Trinajstić information content (AvgIpc) is 3.24. The number of halogens is 1. The first-order valence-electron chi connectivity index (χ1n) is 10.5. The first kappa shape index (κ1) is 22.1. The van der Waals surface area contributed by atoms with Crippen LogP contribution in [0.25, 0.3) is 16.7 Å². The Morgan fingerprint density at radius 2 is 1.88 bits per heavy atom. The van der Waals surface area contributed by atoms with Gasteiger partial charge in [0, 0.05) is 49.9 Å². The van der Waals surface area contributed by atoms with E-state index in [2.05, 4.69) is 41.6 Å². The second-order valence-corrected chi connectivity index (χ2v) is 8.27. The van der Waals surface area contributed by atoms with Crippen molar-refractivity contribution in [3.63, 3.8) is 0 Å². The monoisotopic (exact) mass is 450 g/mol. The standard InChI is InChI=1S/C25H27ClN4O2/c1-17-14-20(18(2)30(17)21-8-6-5-7-9-21)16-29(12-13-32-4)24(31)19-10-11-22-23(15-19)28(3)25(26)27-22/h5-11,14-15H,12-13,16H2,1-4H3. The molecule has 0 atom stereocenters. The molecule has 4 aromatic rings. The van der Waals surface area contributed by atoms with Crippen LogP contribution in [0.5, 0.6) is 0 Å². The van der Waals surface area contributed by atoms with Crippen LogP contribution in [0.1, 0.15) is 27.3 Å². The maximum Gasteiger partial charge on any atom is 0.254 e. The molecule has 1 amide bonds. The highest BCUT2D eigenvalue weighted by Crippen LogP contribution is 2.24. The molecule has 0 bridgehead atoms. The van der Waals surface area contributed by atoms with E-state index in [0.29, 0.717) is 30.5 Å². The molecule has 0 fully saturated rings. The Morgan fingerprint density at radius 3 is 2.59 bits per heavy atom. The number of methoxy groups -OCH3 is 1. The Balaban J connectivity index is 1.66. The molecule has 7 heteroatoms. The lowest BCUT2D eigenvalue weighted by Crippen LogP contribution is -2.33. The number of amides is 1. The van der Waals surface area contributed by atoms with Gasteiger partial charge in [0.25, 0.3) is 5.91 Å². The van der Waals surface area contributed by atoms with Gasteiger partial charge in [-0.1, -0.05) is 18.2 Å². The Labute approximate surface area is 193 Å². The summed E-state index contributed by atoms with van der Waals surface area (Å²) in [7, 11) is 3.49. The van der Waals surface area contributed by atoms with Gasteiger partial charge in [0.05, 0.1) is 17.6 Å². The minimum Gasteiger partial charge on any atom is -0.383 e. The molecule has 0 aliphatic carbocycles. The molecule has 0 saturated carbocycles. The molecule has 166 valence electrons. The number of aromatic nitrogens is 3. The van der Waals surface area contributed by atoms with Gasteiger partial charge in [-0.25, -0.2) is 4.98 Å². The predicted octanol–water partition coefficient (Wildman–Crippen LogP) is 4.92. The number of fused-ring (bicyclic) bond motifs is 1. The van der Waals surface area contributed by atoms with Crippen molar-refractivity contribution >= 4 is 28.5 Å². The number of hydrogen-bond donors (Lipinski definition) is 0. The van der Waals surface area contributed by atoms with Crippen molar-refractivity contribution in [3.8, 4) is 5.69 Å². The van der Waals surface area contributed by atoms with Gasteiger partial charge in [-0.05, 0) is 67.4 Å². The summed E-state index contributed by atoms with van der Waals surface area (Å²) in [4.78, 5) is 19.6. The van der Waals surface area contributed by atoms with Crippen molar-refractivity contribution in [2.45, 2.75) is 20.4 Å². The van der Waals surface area contributed by atoms with Crippen LogP contribution in [0.2, 0.25) is 5.28 Å². The van der Waals surface area contributed by atoms with Gasteiger partial charge in [-0.3, -0.25) is 4.79 Å². The van der Waals surface area contributed by atoms with E-state index in [-0.39, 0.29) is 5.91 Å². The third-order valence-corrected chi connectivity index (χ3v) is 6.18. The molecule has 0 aliphatic rings. The Kier molecular flexibility index (Phi) is 6.35. The summed E-state index contributed by atoms with van der Waals surface area (Å²) in [5, 5.41) is 0.397. The summed E-state index contributed by atoms with van der Waals surface area (Å²) in [5.74, 6) is -0.0502. The zero-order chi connectivity index (χ0) is 22.8. The molecule has 0 unspecified atom stereocenters. The molecule has 2 heterocycles. The largest absolute Gasteiger partial charge is 0.383 e. The van der Waals surface area contributed by atoms with E-state index < -0.39 is 0 Å². The lowest BCUT2D eigenvalue weighted by Gasteiger charge is -2.23. The molecular formula is C25H27ClN4O2. The fourth-order valence-corrected chi connectivity index (χ4v) is 4.28. The SMILES string of the molecule is COCCN(Cc1cc(C)n(-c2ccccc2)c1C)C(=O)c1ccc2nc(Cl)n(C)c2c1. The minimum absolute atomic E-state index is 0.0502. The van der Waals surface area contributed by atoms with E-state index >= 15 is 0 Å². The second kappa shape index (κ2) is 9.18. The van der Waals surface area contributed by atoms with Crippen LogP contribution in [-0.2, 0) is 18.3 Å². The zero-order valence-corrected chi connectivity index (χ0v) is 19.6. The fourth-order valence-electron chi connectivity index (χ4n) is 4.10. The number of hydrogen-bond acceptors (Lipinski definition) is 3. The lowest BCUT2D eigenvalue weighted by atomic mass is 10.1. The third kappa shape index (κ3) is 4.16. The molecule has 0 N–H and O–H groups in total. The first-order chi connectivity index (χ1) is 15.4. The molecule has 32 heavy (non-hydrogen) atoms. The van der Waals surface area contributed by atoms with Gasteiger partial charge < -0.3 is 18.8 Å². The molecule has 6 nitrogen and oxygen atoms in total.